The van der Waals surface area contributed by atoms with E-state index in [1.807, 2.05) is 63.2 Å². The molecule has 0 saturated carbocycles. The number of nitrogens with one attached hydrogen (secondary N) is 2. The highest BCUT2D eigenvalue weighted by Gasteiger charge is 2.10. The van der Waals surface area contributed by atoms with Gasteiger partial charge in [0.2, 0.25) is 5.91 Å². The van der Waals surface area contributed by atoms with Gasteiger partial charge in [0.1, 0.15) is 0 Å². The minimum atomic E-state index is -0.267. The van der Waals surface area contributed by atoms with Crippen LogP contribution in [0.5, 0.6) is 0 Å². The zero-order valence-electron chi connectivity index (χ0n) is 14.5. The number of amides is 2. The van der Waals surface area contributed by atoms with Gasteiger partial charge in [-0.15, -0.1) is 0 Å². The molecule has 0 heterocycles. The van der Waals surface area contributed by atoms with E-state index in [1.165, 1.54) is 0 Å². The van der Waals surface area contributed by atoms with Crippen molar-refractivity contribution < 1.29 is 9.59 Å². The van der Waals surface area contributed by atoms with Crippen LogP contribution in [-0.4, -0.2) is 32.5 Å². The fourth-order valence-electron chi connectivity index (χ4n) is 2.37. The number of carbonyl (C=O) groups is 2. The summed E-state index contributed by atoms with van der Waals surface area (Å²) in [5, 5.41) is 5.49. The number of hydrogen-bond donors (Lipinski definition) is 2. The van der Waals surface area contributed by atoms with Crippen LogP contribution in [0.25, 0.3) is 0 Å². The molecule has 0 atom stereocenters. The summed E-state index contributed by atoms with van der Waals surface area (Å²) in [5.41, 5.74) is 4.33. The molecular formula is C19H23N3O2. The normalized spacial score (nSPS) is 10.2. The van der Waals surface area contributed by atoms with Gasteiger partial charge in [0.25, 0.3) is 5.91 Å². The lowest BCUT2D eigenvalue weighted by Gasteiger charge is -2.13. The van der Waals surface area contributed by atoms with Gasteiger partial charge >= 0.3 is 0 Å². The first kappa shape index (κ1) is 17.5. The van der Waals surface area contributed by atoms with Gasteiger partial charge in [0.05, 0.1) is 6.54 Å². The Labute approximate surface area is 142 Å². The first-order chi connectivity index (χ1) is 11.4. The molecule has 0 unspecified atom stereocenters. The molecule has 2 rings (SSSR count). The van der Waals surface area contributed by atoms with E-state index in [0.29, 0.717) is 5.56 Å². The van der Waals surface area contributed by atoms with E-state index in [9.17, 15) is 9.59 Å². The van der Waals surface area contributed by atoms with E-state index >= 15 is 0 Å². The Morgan fingerprint density at radius 3 is 2.08 bits per heavy atom. The zero-order chi connectivity index (χ0) is 17.7. The molecule has 2 aromatic carbocycles. The van der Waals surface area contributed by atoms with Crippen LogP contribution in [0.1, 0.15) is 21.5 Å². The fraction of sp³-hybridized carbons (Fsp3) is 0.263. The highest BCUT2D eigenvalue weighted by atomic mass is 16.2. The minimum absolute atomic E-state index is 0.0674. The van der Waals surface area contributed by atoms with Crippen molar-refractivity contribution in [2.75, 3.05) is 30.9 Å². The molecule has 0 spiro atoms. The van der Waals surface area contributed by atoms with Crippen molar-refractivity contribution in [3.63, 3.8) is 0 Å². The second kappa shape index (κ2) is 7.64. The topological polar surface area (TPSA) is 61.4 Å². The molecule has 0 saturated heterocycles. The maximum atomic E-state index is 12.1. The van der Waals surface area contributed by atoms with E-state index in [1.54, 1.807) is 12.1 Å². The highest BCUT2D eigenvalue weighted by Crippen LogP contribution is 2.19. The average Bonchev–Trinajstić information content (AvgIpc) is 2.56. The van der Waals surface area contributed by atoms with Crippen LogP contribution < -0.4 is 15.5 Å². The molecule has 0 bridgehead atoms. The summed E-state index contributed by atoms with van der Waals surface area (Å²) < 4.78 is 0. The van der Waals surface area contributed by atoms with Gasteiger partial charge in [-0.3, -0.25) is 9.59 Å². The summed E-state index contributed by atoms with van der Waals surface area (Å²) in [4.78, 5) is 26.1. The van der Waals surface area contributed by atoms with Crippen molar-refractivity contribution in [2.24, 2.45) is 0 Å². The molecule has 0 aromatic heterocycles. The van der Waals surface area contributed by atoms with Crippen LogP contribution in [-0.2, 0) is 4.79 Å². The second-order valence-corrected chi connectivity index (χ2v) is 5.94. The van der Waals surface area contributed by atoms with Gasteiger partial charge in [-0.2, -0.15) is 0 Å². The molecule has 0 aliphatic carbocycles. The predicted molar refractivity (Wildman–Crippen MR) is 97.6 cm³/mol. The van der Waals surface area contributed by atoms with Crippen molar-refractivity contribution >= 4 is 23.2 Å². The number of aryl methyl sites for hydroxylation is 2. The molecule has 5 nitrogen and oxygen atoms in total. The standard InChI is InChI=1S/C19H23N3O2/c1-13-6-5-7-14(2)18(13)21-17(23)12-20-19(24)15-8-10-16(11-9-15)22(3)4/h5-11H,12H2,1-4H3,(H,20,24)(H,21,23). The number of benzene rings is 2. The molecule has 0 radical (unpaired) electrons. The number of para-hydroxylation sites is 1. The Kier molecular flexibility index (Phi) is 5.58. The van der Waals surface area contributed by atoms with Gasteiger partial charge in [-0.1, -0.05) is 18.2 Å². The number of anilines is 2. The zero-order valence-corrected chi connectivity index (χ0v) is 14.5. The first-order valence-electron chi connectivity index (χ1n) is 7.80. The van der Waals surface area contributed by atoms with Crippen molar-refractivity contribution in [3.8, 4) is 0 Å². The summed E-state index contributed by atoms with van der Waals surface area (Å²) in [6, 6.07) is 13.0. The molecule has 0 aliphatic rings. The van der Waals surface area contributed by atoms with Crippen LogP contribution in [0, 0.1) is 13.8 Å². The van der Waals surface area contributed by atoms with Crippen LogP contribution in [0.2, 0.25) is 0 Å². The Hall–Kier alpha value is -2.82. The van der Waals surface area contributed by atoms with E-state index in [4.69, 9.17) is 0 Å². The third kappa shape index (κ3) is 4.35. The lowest BCUT2D eigenvalue weighted by Crippen LogP contribution is -2.33. The van der Waals surface area contributed by atoms with E-state index in [2.05, 4.69) is 10.6 Å². The lowest BCUT2D eigenvalue weighted by molar-refractivity contribution is -0.115. The minimum Gasteiger partial charge on any atom is -0.378 e. The number of carbonyl (C=O) groups excluding carboxylic acids is 2. The van der Waals surface area contributed by atoms with Gasteiger partial charge in [-0.05, 0) is 49.2 Å². The number of hydrogen-bond acceptors (Lipinski definition) is 3. The summed E-state index contributed by atoms with van der Waals surface area (Å²) in [7, 11) is 3.87. The van der Waals surface area contributed by atoms with Crippen LogP contribution >= 0.6 is 0 Å². The Morgan fingerprint density at radius 1 is 0.958 bits per heavy atom. The second-order valence-electron chi connectivity index (χ2n) is 5.94. The van der Waals surface area contributed by atoms with Crippen molar-refractivity contribution in [2.45, 2.75) is 13.8 Å². The Bertz CT molecular complexity index is 717. The van der Waals surface area contributed by atoms with Gasteiger partial charge in [-0.25, -0.2) is 0 Å². The average molecular weight is 325 g/mol. The Balaban J connectivity index is 1.92. The summed E-state index contributed by atoms with van der Waals surface area (Å²) in [6.45, 7) is 3.81. The molecule has 5 heteroatoms. The van der Waals surface area contributed by atoms with Crippen molar-refractivity contribution in [3.05, 3.63) is 59.2 Å². The van der Waals surface area contributed by atoms with Crippen LogP contribution in [0.15, 0.2) is 42.5 Å². The molecule has 126 valence electrons. The predicted octanol–water partition coefficient (Wildman–Crippen LogP) is 2.74. The lowest BCUT2D eigenvalue weighted by atomic mass is 10.1. The summed E-state index contributed by atoms with van der Waals surface area (Å²) >= 11 is 0. The monoisotopic (exact) mass is 325 g/mol. The van der Waals surface area contributed by atoms with Gasteiger partial charge in [0, 0.05) is 31.0 Å². The SMILES string of the molecule is Cc1cccc(C)c1NC(=O)CNC(=O)c1ccc(N(C)C)cc1. The molecule has 0 aliphatic heterocycles. The fourth-order valence-corrected chi connectivity index (χ4v) is 2.37. The third-order valence-electron chi connectivity index (χ3n) is 3.80. The highest BCUT2D eigenvalue weighted by molar-refractivity contribution is 6.00. The largest absolute Gasteiger partial charge is 0.378 e. The van der Waals surface area contributed by atoms with Crippen LogP contribution in [0.4, 0.5) is 11.4 Å². The molecule has 2 amide bonds. The van der Waals surface area contributed by atoms with E-state index in [-0.39, 0.29) is 18.4 Å². The molecule has 24 heavy (non-hydrogen) atoms. The Morgan fingerprint density at radius 2 is 1.54 bits per heavy atom. The maximum Gasteiger partial charge on any atom is 0.251 e. The summed E-state index contributed by atoms with van der Waals surface area (Å²) in [6.07, 6.45) is 0. The number of rotatable bonds is 5. The quantitative estimate of drug-likeness (QED) is 0.888. The molecular weight excluding hydrogens is 302 g/mol. The first-order valence-corrected chi connectivity index (χ1v) is 7.80. The smallest absolute Gasteiger partial charge is 0.251 e. The molecule has 0 fully saturated rings. The van der Waals surface area contributed by atoms with Gasteiger partial charge in [0.15, 0.2) is 0 Å². The van der Waals surface area contributed by atoms with Crippen LogP contribution in [0.3, 0.4) is 0 Å². The molecule has 2 N–H and O–H groups in total. The number of nitrogens with zero attached hydrogens (tertiary/aromatic N) is 1. The van der Waals surface area contributed by atoms with Crippen molar-refractivity contribution in [1.82, 2.24) is 5.32 Å². The molecule has 2 aromatic rings. The van der Waals surface area contributed by atoms with Crippen molar-refractivity contribution in [1.29, 1.82) is 0 Å². The summed E-state index contributed by atoms with van der Waals surface area (Å²) in [5.74, 6) is -0.511. The maximum absolute atomic E-state index is 12.1. The third-order valence-corrected chi connectivity index (χ3v) is 3.80. The van der Waals surface area contributed by atoms with Gasteiger partial charge < -0.3 is 15.5 Å². The van der Waals surface area contributed by atoms with E-state index in [0.717, 1.165) is 22.5 Å². The van der Waals surface area contributed by atoms with E-state index < -0.39 is 0 Å².